The Morgan fingerprint density at radius 3 is 2.47 bits per heavy atom. The highest BCUT2D eigenvalue weighted by atomic mass is 32.1. The molecule has 1 aliphatic rings. The first-order valence-electron chi connectivity index (χ1n) is 10.8. The van der Waals surface area contributed by atoms with Gasteiger partial charge in [0.25, 0.3) is 5.89 Å². The number of allylic oxidation sites excluding steroid dienone is 1. The molecular formula is C25H28N4O2S. The molecule has 0 fully saturated rings. The molecule has 0 radical (unpaired) electrons. The molecule has 0 bridgehead atoms. The van der Waals surface area contributed by atoms with E-state index in [-0.39, 0.29) is 6.04 Å². The van der Waals surface area contributed by atoms with Crippen molar-refractivity contribution in [3.63, 3.8) is 0 Å². The number of ether oxygens (including phenoxy) is 1. The van der Waals surface area contributed by atoms with Crippen LogP contribution in [0.3, 0.4) is 0 Å². The monoisotopic (exact) mass is 448 g/mol. The average molecular weight is 449 g/mol. The molecule has 2 aromatic carbocycles. The van der Waals surface area contributed by atoms with E-state index in [2.05, 4.69) is 48.6 Å². The zero-order valence-electron chi connectivity index (χ0n) is 18.9. The van der Waals surface area contributed by atoms with Gasteiger partial charge in [0, 0.05) is 24.9 Å². The van der Waals surface area contributed by atoms with Crippen LogP contribution in [0, 0.1) is 6.92 Å². The molecule has 1 aliphatic heterocycles. The lowest BCUT2D eigenvalue weighted by Crippen LogP contribution is -2.47. The van der Waals surface area contributed by atoms with E-state index in [0.717, 1.165) is 28.8 Å². The molecule has 1 atom stereocenters. The molecule has 0 saturated heterocycles. The van der Waals surface area contributed by atoms with E-state index >= 15 is 0 Å². The Morgan fingerprint density at radius 1 is 1.09 bits per heavy atom. The van der Waals surface area contributed by atoms with Gasteiger partial charge in [-0.2, -0.15) is 4.98 Å². The van der Waals surface area contributed by atoms with E-state index in [0.29, 0.717) is 30.0 Å². The van der Waals surface area contributed by atoms with Gasteiger partial charge in [0.2, 0.25) is 5.82 Å². The van der Waals surface area contributed by atoms with Crippen molar-refractivity contribution >= 4 is 22.9 Å². The molecule has 0 aliphatic carbocycles. The maximum absolute atomic E-state index is 5.78. The molecule has 32 heavy (non-hydrogen) atoms. The van der Waals surface area contributed by atoms with E-state index in [1.807, 2.05) is 36.1 Å². The second-order valence-electron chi connectivity index (χ2n) is 7.91. The fourth-order valence-electron chi connectivity index (χ4n) is 3.86. The number of nitrogens with one attached hydrogen (secondary N) is 1. The molecule has 2 heterocycles. The number of benzene rings is 2. The van der Waals surface area contributed by atoms with Crippen molar-refractivity contribution in [2.75, 3.05) is 20.3 Å². The van der Waals surface area contributed by atoms with Crippen molar-refractivity contribution in [1.29, 1.82) is 0 Å². The molecule has 0 amide bonds. The topological polar surface area (TPSA) is 63.4 Å². The lowest BCUT2D eigenvalue weighted by atomic mass is 9.94. The van der Waals surface area contributed by atoms with Crippen molar-refractivity contribution in [1.82, 2.24) is 20.4 Å². The van der Waals surface area contributed by atoms with Crippen LogP contribution in [0.5, 0.6) is 0 Å². The molecule has 1 N–H and O–H groups in total. The largest absolute Gasteiger partial charge is 0.383 e. The van der Waals surface area contributed by atoms with Crippen LogP contribution in [0.15, 0.2) is 58.8 Å². The molecule has 166 valence electrons. The van der Waals surface area contributed by atoms with Crippen molar-refractivity contribution in [2.24, 2.45) is 0 Å². The van der Waals surface area contributed by atoms with Crippen LogP contribution >= 0.6 is 12.2 Å². The van der Waals surface area contributed by atoms with Gasteiger partial charge in [0.05, 0.1) is 18.2 Å². The number of aryl methyl sites for hydroxylation is 2. The average Bonchev–Trinajstić information content (AvgIpc) is 3.29. The van der Waals surface area contributed by atoms with Gasteiger partial charge in [-0.1, -0.05) is 66.2 Å². The summed E-state index contributed by atoms with van der Waals surface area (Å²) in [5.74, 6) is 1.05. The highest BCUT2D eigenvalue weighted by Gasteiger charge is 2.33. The van der Waals surface area contributed by atoms with Crippen LogP contribution in [-0.2, 0) is 11.2 Å². The third-order valence-corrected chi connectivity index (χ3v) is 6.14. The summed E-state index contributed by atoms with van der Waals surface area (Å²) >= 11 is 5.70. The molecule has 1 unspecified atom stereocenters. The maximum Gasteiger partial charge on any atom is 0.258 e. The predicted octanol–water partition coefficient (Wildman–Crippen LogP) is 4.92. The third kappa shape index (κ3) is 4.45. The minimum absolute atomic E-state index is 0.182. The summed E-state index contributed by atoms with van der Waals surface area (Å²) in [7, 11) is 1.68. The van der Waals surface area contributed by atoms with Crippen LogP contribution in [0.1, 0.15) is 42.5 Å². The molecular weight excluding hydrogens is 420 g/mol. The molecule has 6 nitrogen and oxygen atoms in total. The molecule has 0 saturated carbocycles. The van der Waals surface area contributed by atoms with Gasteiger partial charge in [0.15, 0.2) is 5.11 Å². The smallest absolute Gasteiger partial charge is 0.258 e. The summed E-state index contributed by atoms with van der Waals surface area (Å²) in [6, 6.07) is 16.5. The number of thiocarbonyl (C=S) groups is 1. The zero-order valence-corrected chi connectivity index (χ0v) is 19.7. The maximum atomic E-state index is 5.78. The Morgan fingerprint density at radius 2 is 1.81 bits per heavy atom. The van der Waals surface area contributed by atoms with Crippen LogP contribution in [0.2, 0.25) is 0 Å². The second kappa shape index (κ2) is 9.63. The van der Waals surface area contributed by atoms with Gasteiger partial charge in [-0.15, -0.1) is 0 Å². The fraction of sp³-hybridized carbons (Fsp3) is 0.320. The van der Waals surface area contributed by atoms with Crippen molar-refractivity contribution in [3.05, 3.63) is 76.8 Å². The van der Waals surface area contributed by atoms with Crippen LogP contribution in [0.25, 0.3) is 17.0 Å². The Labute approximate surface area is 194 Å². The second-order valence-corrected chi connectivity index (χ2v) is 8.30. The van der Waals surface area contributed by atoms with Crippen molar-refractivity contribution in [2.45, 2.75) is 33.2 Å². The first-order valence-corrected chi connectivity index (χ1v) is 11.2. The van der Waals surface area contributed by atoms with Gasteiger partial charge in [0.1, 0.15) is 0 Å². The minimum Gasteiger partial charge on any atom is -0.383 e. The fourth-order valence-corrected chi connectivity index (χ4v) is 4.20. The number of hydrogen-bond donors (Lipinski definition) is 1. The van der Waals surface area contributed by atoms with E-state index in [1.54, 1.807) is 7.11 Å². The molecule has 0 spiro atoms. The number of hydrogen-bond acceptors (Lipinski definition) is 5. The number of rotatable bonds is 7. The van der Waals surface area contributed by atoms with E-state index in [9.17, 15) is 0 Å². The Hall–Kier alpha value is -3.03. The summed E-state index contributed by atoms with van der Waals surface area (Å²) in [6.45, 7) is 7.44. The lowest BCUT2D eigenvalue weighted by molar-refractivity contribution is 0.183. The van der Waals surface area contributed by atoms with E-state index in [1.165, 1.54) is 11.1 Å². The van der Waals surface area contributed by atoms with Gasteiger partial charge in [-0.25, -0.2) is 0 Å². The highest BCUT2D eigenvalue weighted by molar-refractivity contribution is 7.80. The van der Waals surface area contributed by atoms with Crippen molar-refractivity contribution < 1.29 is 9.26 Å². The summed E-state index contributed by atoms with van der Waals surface area (Å²) < 4.78 is 11.1. The normalized spacial score (nSPS) is 16.4. The zero-order chi connectivity index (χ0) is 22.7. The van der Waals surface area contributed by atoms with E-state index in [4.69, 9.17) is 26.5 Å². The first-order chi connectivity index (χ1) is 15.5. The van der Waals surface area contributed by atoms with Crippen LogP contribution < -0.4 is 5.32 Å². The predicted molar refractivity (Wildman–Crippen MR) is 130 cm³/mol. The Balaban J connectivity index is 1.77. The molecule has 7 heteroatoms. The number of methoxy groups -OCH3 is 1. The summed E-state index contributed by atoms with van der Waals surface area (Å²) in [4.78, 5) is 6.79. The van der Waals surface area contributed by atoms with Gasteiger partial charge in [-0.05, 0) is 43.6 Å². The molecule has 4 rings (SSSR count). The number of nitrogens with zero attached hydrogens (tertiary/aromatic N) is 3. The third-order valence-electron chi connectivity index (χ3n) is 5.80. The van der Waals surface area contributed by atoms with E-state index < -0.39 is 0 Å². The molecule has 1 aromatic heterocycles. The Bertz CT molecular complexity index is 1120. The summed E-state index contributed by atoms with van der Waals surface area (Å²) in [6.07, 6.45) is 0.993. The van der Waals surface area contributed by atoms with Gasteiger partial charge < -0.3 is 19.5 Å². The highest BCUT2D eigenvalue weighted by Crippen LogP contribution is 2.37. The first kappa shape index (κ1) is 22.2. The van der Waals surface area contributed by atoms with Gasteiger partial charge >= 0.3 is 0 Å². The quantitative estimate of drug-likeness (QED) is 0.515. The molecule has 3 aromatic rings. The lowest BCUT2D eigenvalue weighted by Gasteiger charge is -2.37. The van der Waals surface area contributed by atoms with Gasteiger partial charge in [-0.3, -0.25) is 0 Å². The SMILES string of the molecule is CCc1ccc(C2NC(=S)N(CCOC)C(C)=C2c2nc(-c3ccc(C)cc3)no2)cc1. The number of aromatic nitrogens is 2. The summed E-state index contributed by atoms with van der Waals surface area (Å²) in [5.41, 5.74) is 6.39. The minimum atomic E-state index is -0.182. The van der Waals surface area contributed by atoms with Crippen LogP contribution in [-0.4, -0.2) is 40.4 Å². The summed E-state index contributed by atoms with van der Waals surface area (Å²) in [5, 5.41) is 8.40. The van der Waals surface area contributed by atoms with Crippen molar-refractivity contribution in [3.8, 4) is 11.4 Å². The Kier molecular flexibility index (Phi) is 6.67. The van der Waals surface area contributed by atoms with Crippen LogP contribution in [0.4, 0.5) is 0 Å². The standard InChI is InChI=1S/C25H28N4O2S/c1-5-18-8-12-19(13-9-18)22-21(17(3)29(14-15-30-4)25(32)26-22)24-27-23(28-31-24)20-10-6-16(2)7-11-20/h6-13,22H,5,14-15H2,1-4H3,(H,26,32).